The van der Waals surface area contributed by atoms with E-state index in [2.05, 4.69) is 85.4 Å². The van der Waals surface area contributed by atoms with Crippen LogP contribution in [-0.4, -0.2) is 35.4 Å². The molecule has 0 aromatic heterocycles. The Balaban J connectivity index is 2.20. The van der Waals surface area contributed by atoms with E-state index in [-0.39, 0.29) is 17.5 Å². The summed E-state index contributed by atoms with van der Waals surface area (Å²) in [6.45, 7) is 26.3. The number of hydrogen-bond acceptors (Lipinski definition) is 4. The van der Waals surface area contributed by atoms with Gasteiger partial charge in [-0.05, 0) is 112 Å². The predicted molar refractivity (Wildman–Crippen MR) is 220 cm³/mol. The zero-order valence-electron chi connectivity index (χ0n) is 34.8. The quantitative estimate of drug-likeness (QED) is 0.0948. The first-order valence-corrected chi connectivity index (χ1v) is 21.1. The standard InChI is InChI=1S/C47H74N2O2/c1-12-18-22-37(16-5)30-49(31-38(17-6)23-19-13-2)42-29-40(45(48-42)43-33(8)26-32(7)27-34(43)9)28-41-35(10)36(11)46(50)44(47(41)51)39(24-20-14-3)25-21-15-4/h26-28,37-39,44H,12-25,29-31H2,1-11H3/b41-28-. The summed E-state index contributed by atoms with van der Waals surface area (Å²) in [7, 11) is 0. The molecule has 0 spiro atoms. The minimum absolute atomic E-state index is 0.0334. The number of Topliss-reactive ketones (excluding diaryl/α,β-unsaturated/α-hetero) is 2. The van der Waals surface area contributed by atoms with Gasteiger partial charge in [0.2, 0.25) is 0 Å². The van der Waals surface area contributed by atoms with E-state index in [1.54, 1.807) is 0 Å². The van der Waals surface area contributed by atoms with Crippen LogP contribution in [0.4, 0.5) is 0 Å². The first-order chi connectivity index (χ1) is 24.4. The molecule has 0 saturated carbocycles. The van der Waals surface area contributed by atoms with Crippen molar-refractivity contribution in [2.24, 2.45) is 28.7 Å². The summed E-state index contributed by atoms with van der Waals surface area (Å²) in [4.78, 5) is 36.8. The smallest absolute Gasteiger partial charge is 0.174 e. The lowest BCUT2D eigenvalue weighted by Crippen LogP contribution is -2.38. The fourth-order valence-electron chi connectivity index (χ4n) is 8.59. The molecular formula is C47H74N2O2. The molecule has 1 aliphatic carbocycles. The van der Waals surface area contributed by atoms with Crippen LogP contribution in [0.25, 0.3) is 5.70 Å². The molecular weight excluding hydrogens is 625 g/mol. The summed E-state index contributed by atoms with van der Waals surface area (Å²) in [6, 6.07) is 4.53. The third-order valence-corrected chi connectivity index (χ3v) is 12.0. The summed E-state index contributed by atoms with van der Waals surface area (Å²) in [5, 5.41) is 0. The highest BCUT2D eigenvalue weighted by Crippen LogP contribution is 2.41. The molecule has 4 nitrogen and oxygen atoms in total. The van der Waals surface area contributed by atoms with Gasteiger partial charge in [-0.2, -0.15) is 0 Å². The lowest BCUT2D eigenvalue weighted by Gasteiger charge is -2.32. The fourth-order valence-corrected chi connectivity index (χ4v) is 8.59. The van der Waals surface area contributed by atoms with Gasteiger partial charge in [0.15, 0.2) is 11.6 Å². The number of allylic oxidation sites excluding steroid dienone is 4. The highest BCUT2D eigenvalue weighted by atomic mass is 16.2. The van der Waals surface area contributed by atoms with E-state index in [9.17, 15) is 9.59 Å². The van der Waals surface area contributed by atoms with Crippen molar-refractivity contribution >= 4 is 23.1 Å². The van der Waals surface area contributed by atoms with E-state index in [0.29, 0.717) is 18.3 Å². The largest absolute Gasteiger partial charge is 0.359 e. The van der Waals surface area contributed by atoms with Crippen molar-refractivity contribution in [3.8, 4) is 0 Å². The SMILES string of the molecule is CCCCC(CC)CN(CC(CC)CCCC)C1=NC(c2c(C)cc(C)cc2C)=C(/C=C2\C(=O)C(C(CCCC)CCCC)C(=O)C(C)=C2C)C1. The second-order valence-corrected chi connectivity index (χ2v) is 16.1. The Morgan fingerprint density at radius 2 is 1.20 bits per heavy atom. The Hall–Kier alpha value is -2.75. The van der Waals surface area contributed by atoms with Gasteiger partial charge in [0.1, 0.15) is 5.84 Å². The number of benzene rings is 1. The van der Waals surface area contributed by atoms with E-state index < -0.39 is 5.92 Å². The topological polar surface area (TPSA) is 49.7 Å². The number of aliphatic imine (C=N–C) groups is 1. The molecule has 2 aliphatic rings. The zero-order valence-corrected chi connectivity index (χ0v) is 34.8. The molecule has 3 atom stereocenters. The summed E-state index contributed by atoms with van der Waals surface area (Å²) in [6.07, 6.45) is 18.8. The third kappa shape index (κ3) is 11.1. The van der Waals surface area contributed by atoms with Gasteiger partial charge in [-0.15, -0.1) is 0 Å². The Bertz CT molecular complexity index is 1410. The van der Waals surface area contributed by atoms with Crippen LogP contribution >= 0.6 is 0 Å². The molecule has 0 saturated heterocycles. The maximum absolute atomic E-state index is 14.7. The molecule has 4 heteroatoms. The number of hydrogen-bond donors (Lipinski definition) is 0. The lowest BCUT2D eigenvalue weighted by molar-refractivity contribution is -0.131. The monoisotopic (exact) mass is 699 g/mol. The van der Waals surface area contributed by atoms with Gasteiger partial charge in [-0.1, -0.05) is 123 Å². The molecule has 1 heterocycles. The number of carbonyl (C=O) groups is 2. The molecule has 0 radical (unpaired) electrons. The van der Waals surface area contributed by atoms with Gasteiger partial charge < -0.3 is 4.90 Å². The number of rotatable bonds is 21. The van der Waals surface area contributed by atoms with E-state index >= 15 is 0 Å². The Morgan fingerprint density at radius 1 is 0.706 bits per heavy atom. The maximum Gasteiger partial charge on any atom is 0.174 e. The van der Waals surface area contributed by atoms with Crippen LogP contribution in [0, 0.1) is 44.4 Å². The molecule has 284 valence electrons. The summed E-state index contributed by atoms with van der Waals surface area (Å²) in [5.41, 5.74) is 9.37. The fraction of sp³-hybridized carbons (Fsp3) is 0.681. The van der Waals surface area contributed by atoms with Gasteiger partial charge in [0.05, 0.1) is 11.6 Å². The normalized spacial score (nSPS) is 18.8. The third-order valence-electron chi connectivity index (χ3n) is 12.0. The van der Waals surface area contributed by atoms with Crippen LogP contribution in [0.15, 0.2) is 45.5 Å². The van der Waals surface area contributed by atoms with E-state index in [4.69, 9.17) is 4.99 Å². The first-order valence-electron chi connectivity index (χ1n) is 21.1. The summed E-state index contributed by atoms with van der Waals surface area (Å²) < 4.78 is 0. The van der Waals surface area contributed by atoms with Crippen LogP contribution in [0.2, 0.25) is 0 Å². The second kappa shape index (κ2) is 21.1. The van der Waals surface area contributed by atoms with Crippen LogP contribution < -0.4 is 0 Å². The van der Waals surface area contributed by atoms with Crippen LogP contribution in [0.5, 0.6) is 0 Å². The van der Waals surface area contributed by atoms with Crippen molar-refractivity contribution in [1.82, 2.24) is 4.90 Å². The van der Waals surface area contributed by atoms with Gasteiger partial charge in [-0.25, -0.2) is 4.99 Å². The Labute approximate surface area is 313 Å². The molecule has 0 bridgehead atoms. The van der Waals surface area contributed by atoms with Crippen LogP contribution in [0.1, 0.15) is 174 Å². The van der Waals surface area contributed by atoms with Crippen LogP contribution in [-0.2, 0) is 9.59 Å². The van der Waals surface area contributed by atoms with Crippen molar-refractivity contribution in [2.75, 3.05) is 13.1 Å². The van der Waals surface area contributed by atoms with Crippen LogP contribution in [0.3, 0.4) is 0 Å². The molecule has 0 fully saturated rings. The lowest BCUT2D eigenvalue weighted by atomic mass is 9.70. The number of aryl methyl sites for hydroxylation is 3. The van der Waals surface area contributed by atoms with Gasteiger partial charge in [-0.3, -0.25) is 9.59 Å². The highest BCUT2D eigenvalue weighted by Gasteiger charge is 2.41. The highest BCUT2D eigenvalue weighted by molar-refractivity contribution is 6.22. The summed E-state index contributed by atoms with van der Waals surface area (Å²) in [5.74, 6) is 2.03. The van der Waals surface area contributed by atoms with Crippen molar-refractivity contribution in [3.63, 3.8) is 0 Å². The van der Waals surface area contributed by atoms with E-state index in [1.165, 1.54) is 73.6 Å². The van der Waals surface area contributed by atoms with Gasteiger partial charge in [0.25, 0.3) is 0 Å². The second-order valence-electron chi connectivity index (χ2n) is 16.1. The van der Waals surface area contributed by atoms with Gasteiger partial charge >= 0.3 is 0 Å². The zero-order chi connectivity index (χ0) is 37.7. The molecule has 1 aromatic carbocycles. The molecule has 1 aliphatic heterocycles. The Kier molecular flexibility index (Phi) is 17.6. The maximum atomic E-state index is 14.7. The molecule has 3 unspecified atom stereocenters. The summed E-state index contributed by atoms with van der Waals surface area (Å²) >= 11 is 0. The first kappa shape index (κ1) is 42.7. The molecule has 1 aromatic rings. The van der Waals surface area contributed by atoms with Crippen molar-refractivity contribution < 1.29 is 9.59 Å². The average Bonchev–Trinajstić information content (AvgIpc) is 3.51. The molecule has 51 heavy (non-hydrogen) atoms. The average molecular weight is 699 g/mol. The minimum Gasteiger partial charge on any atom is -0.359 e. The number of carbonyl (C=O) groups excluding carboxylic acids is 2. The van der Waals surface area contributed by atoms with Crippen molar-refractivity contribution in [3.05, 3.63) is 62.8 Å². The minimum atomic E-state index is -0.573. The van der Waals surface area contributed by atoms with Gasteiger partial charge in [0, 0.05) is 30.6 Å². The molecule has 0 N–H and O–H groups in total. The van der Waals surface area contributed by atoms with Crippen molar-refractivity contribution in [1.29, 1.82) is 0 Å². The predicted octanol–water partition coefficient (Wildman–Crippen LogP) is 12.9. The number of nitrogens with zero attached hydrogens (tertiary/aromatic N) is 2. The number of ketones is 2. The van der Waals surface area contributed by atoms with E-state index in [1.807, 2.05) is 13.8 Å². The molecule has 3 rings (SSSR count). The Morgan fingerprint density at radius 3 is 1.67 bits per heavy atom. The molecule has 0 amide bonds. The van der Waals surface area contributed by atoms with Crippen molar-refractivity contribution in [2.45, 2.75) is 172 Å². The van der Waals surface area contributed by atoms with E-state index in [0.717, 1.165) is 85.4 Å². The number of amidine groups is 1. The number of unbranched alkanes of at least 4 members (excludes halogenated alkanes) is 4.